The van der Waals surface area contributed by atoms with Gasteiger partial charge in [0.25, 0.3) is 0 Å². The number of urea groups is 1. The molecule has 2 amide bonds. The summed E-state index contributed by atoms with van der Waals surface area (Å²) in [4.78, 5) is 15.8. The van der Waals surface area contributed by atoms with Gasteiger partial charge in [0.1, 0.15) is 0 Å². The molecule has 1 aliphatic rings. The minimum atomic E-state index is -0.165. The van der Waals surface area contributed by atoms with Crippen LogP contribution in [0, 0.1) is 5.92 Å². The van der Waals surface area contributed by atoms with Crippen molar-refractivity contribution in [2.75, 3.05) is 6.61 Å². The lowest BCUT2D eigenvalue weighted by Gasteiger charge is -2.30. The second-order valence-corrected chi connectivity index (χ2v) is 5.02. The molecule has 5 nitrogen and oxygen atoms in total. The van der Waals surface area contributed by atoms with Crippen molar-refractivity contribution in [1.82, 2.24) is 15.6 Å². The summed E-state index contributed by atoms with van der Waals surface area (Å²) in [6, 6.07) is 3.67. The van der Waals surface area contributed by atoms with Crippen LogP contribution in [0.2, 0.25) is 0 Å². The maximum absolute atomic E-state index is 11.8. The number of carbonyl (C=O) groups is 1. The van der Waals surface area contributed by atoms with Gasteiger partial charge in [-0.1, -0.05) is 12.8 Å². The highest BCUT2D eigenvalue weighted by Crippen LogP contribution is 2.23. The summed E-state index contributed by atoms with van der Waals surface area (Å²) in [5, 5.41) is 15.1. The number of carbonyl (C=O) groups excluding carboxylic acids is 1. The number of aliphatic hydroxyl groups is 1. The van der Waals surface area contributed by atoms with Crippen LogP contribution in [-0.2, 0) is 6.54 Å². The van der Waals surface area contributed by atoms with Crippen molar-refractivity contribution in [2.24, 2.45) is 5.92 Å². The molecule has 2 atom stereocenters. The fourth-order valence-corrected chi connectivity index (χ4v) is 2.52. The molecular weight excluding hydrogens is 242 g/mol. The van der Waals surface area contributed by atoms with E-state index in [1.807, 2.05) is 12.1 Å². The van der Waals surface area contributed by atoms with Crippen LogP contribution in [0.25, 0.3) is 0 Å². The van der Waals surface area contributed by atoms with Crippen LogP contribution in [0.5, 0.6) is 0 Å². The van der Waals surface area contributed by atoms with E-state index in [0.29, 0.717) is 6.54 Å². The van der Waals surface area contributed by atoms with Gasteiger partial charge in [-0.2, -0.15) is 0 Å². The Morgan fingerprint density at radius 3 is 2.79 bits per heavy atom. The predicted molar refractivity (Wildman–Crippen MR) is 72.4 cm³/mol. The summed E-state index contributed by atoms with van der Waals surface area (Å²) in [5.74, 6) is 0.195. The molecule has 2 rings (SSSR count). The highest BCUT2D eigenvalue weighted by Gasteiger charge is 2.25. The van der Waals surface area contributed by atoms with Gasteiger partial charge in [0.2, 0.25) is 0 Å². The van der Waals surface area contributed by atoms with E-state index in [1.165, 1.54) is 0 Å². The van der Waals surface area contributed by atoms with E-state index < -0.39 is 0 Å². The van der Waals surface area contributed by atoms with Crippen molar-refractivity contribution in [3.8, 4) is 0 Å². The van der Waals surface area contributed by atoms with E-state index in [2.05, 4.69) is 15.6 Å². The van der Waals surface area contributed by atoms with Crippen molar-refractivity contribution < 1.29 is 9.90 Å². The predicted octanol–water partition coefficient (Wildman–Crippen LogP) is 1.43. The molecule has 0 aliphatic heterocycles. The smallest absolute Gasteiger partial charge is 0.315 e. The van der Waals surface area contributed by atoms with Gasteiger partial charge in [0.15, 0.2) is 0 Å². The summed E-state index contributed by atoms with van der Waals surface area (Å²) < 4.78 is 0. The molecular formula is C14H21N3O2. The van der Waals surface area contributed by atoms with Gasteiger partial charge in [-0.3, -0.25) is 4.98 Å². The van der Waals surface area contributed by atoms with Crippen LogP contribution >= 0.6 is 0 Å². The number of nitrogens with zero attached hydrogens (tertiary/aromatic N) is 1. The normalized spacial score (nSPS) is 22.8. The van der Waals surface area contributed by atoms with Gasteiger partial charge in [-0.05, 0) is 30.5 Å². The number of hydrogen-bond acceptors (Lipinski definition) is 3. The van der Waals surface area contributed by atoms with Crippen molar-refractivity contribution in [2.45, 2.75) is 38.3 Å². The Hall–Kier alpha value is -1.62. The minimum Gasteiger partial charge on any atom is -0.396 e. The molecule has 104 valence electrons. The maximum atomic E-state index is 11.8. The number of aliphatic hydroxyl groups excluding tert-OH is 1. The summed E-state index contributed by atoms with van der Waals surface area (Å²) in [6.45, 7) is 0.639. The van der Waals surface area contributed by atoms with Crippen LogP contribution in [0.15, 0.2) is 24.5 Å². The Morgan fingerprint density at radius 1 is 1.32 bits per heavy atom. The molecule has 1 aromatic heterocycles. The minimum absolute atomic E-state index is 0.0937. The lowest BCUT2D eigenvalue weighted by atomic mass is 9.85. The molecule has 0 saturated heterocycles. The average Bonchev–Trinajstić information content (AvgIpc) is 2.47. The first-order valence-electron chi connectivity index (χ1n) is 6.83. The topological polar surface area (TPSA) is 74.2 Å². The molecule has 0 aromatic carbocycles. The summed E-state index contributed by atoms with van der Waals surface area (Å²) in [6.07, 6.45) is 7.61. The van der Waals surface area contributed by atoms with E-state index in [9.17, 15) is 9.90 Å². The first-order chi connectivity index (χ1) is 9.29. The number of rotatable bonds is 4. The lowest BCUT2D eigenvalue weighted by Crippen LogP contribution is -2.47. The van der Waals surface area contributed by atoms with Gasteiger partial charge in [0, 0.05) is 37.5 Å². The molecule has 1 heterocycles. The maximum Gasteiger partial charge on any atom is 0.315 e. The van der Waals surface area contributed by atoms with Gasteiger partial charge in [-0.25, -0.2) is 4.79 Å². The highest BCUT2D eigenvalue weighted by atomic mass is 16.3. The zero-order valence-electron chi connectivity index (χ0n) is 11.0. The van der Waals surface area contributed by atoms with Gasteiger partial charge in [0.05, 0.1) is 0 Å². The molecule has 1 aliphatic carbocycles. The number of hydrogen-bond donors (Lipinski definition) is 3. The van der Waals surface area contributed by atoms with Crippen LogP contribution in [0.4, 0.5) is 4.79 Å². The Labute approximate surface area is 113 Å². The fraction of sp³-hybridized carbons (Fsp3) is 0.571. The van der Waals surface area contributed by atoms with Gasteiger partial charge in [-0.15, -0.1) is 0 Å². The van der Waals surface area contributed by atoms with Gasteiger partial charge < -0.3 is 15.7 Å². The summed E-state index contributed by atoms with van der Waals surface area (Å²) in [5.41, 5.74) is 1.02. The third kappa shape index (κ3) is 4.21. The molecule has 3 N–H and O–H groups in total. The summed E-state index contributed by atoms with van der Waals surface area (Å²) in [7, 11) is 0. The Balaban J connectivity index is 1.77. The van der Waals surface area contributed by atoms with Crippen LogP contribution in [0.3, 0.4) is 0 Å². The second-order valence-electron chi connectivity index (χ2n) is 5.02. The summed E-state index contributed by atoms with van der Waals surface area (Å²) >= 11 is 0. The van der Waals surface area contributed by atoms with Crippen LogP contribution in [0.1, 0.15) is 31.2 Å². The van der Waals surface area contributed by atoms with Crippen molar-refractivity contribution in [1.29, 1.82) is 0 Å². The second kappa shape index (κ2) is 7.09. The zero-order valence-corrected chi connectivity index (χ0v) is 11.0. The molecule has 1 aromatic rings. The third-order valence-corrected chi connectivity index (χ3v) is 3.66. The zero-order chi connectivity index (χ0) is 13.5. The lowest BCUT2D eigenvalue weighted by molar-refractivity contribution is 0.153. The molecule has 2 unspecified atom stereocenters. The monoisotopic (exact) mass is 263 g/mol. The number of pyridine rings is 1. The molecule has 5 heteroatoms. The fourth-order valence-electron chi connectivity index (χ4n) is 2.52. The molecule has 1 fully saturated rings. The number of nitrogens with one attached hydrogen (secondary N) is 2. The van der Waals surface area contributed by atoms with E-state index in [0.717, 1.165) is 31.2 Å². The number of amides is 2. The Morgan fingerprint density at radius 2 is 2.05 bits per heavy atom. The quantitative estimate of drug-likeness (QED) is 0.769. The molecule has 0 radical (unpaired) electrons. The van der Waals surface area contributed by atoms with E-state index in [1.54, 1.807) is 12.4 Å². The Bertz CT molecular complexity index is 397. The standard InChI is InChI=1S/C14H21N3O2/c18-10-12-3-1-2-4-13(12)17-14(19)16-9-11-5-7-15-8-6-11/h5-8,12-13,18H,1-4,9-10H2,(H2,16,17,19). The first-order valence-corrected chi connectivity index (χ1v) is 6.83. The molecule has 0 bridgehead atoms. The molecule has 1 saturated carbocycles. The van der Waals surface area contributed by atoms with E-state index in [-0.39, 0.29) is 24.6 Å². The molecule has 19 heavy (non-hydrogen) atoms. The third-order valence-electron chi connectivity index (χ3n) is 3.66. The first kappa shape index (κ1) is 13.8. The van der Waals surface area contributed by atoms with Crippen LogP contribution < -0.4 is 10.6 Å². The average molecular weight is 263 g/mol. The van der Waals surface area contributed by atoms with Crippen molar-refractivity contribution in [3.63, 3.8) is 0 Å². The van der Waals surface area contributed by atoms with E-state index in [4.69, 9.17) is 0 Å². The largest absolute Gasteiger partial charge is 0.396 e. The number of aromatic nitrogens is 1. The van der Waals surface area contributed by atoms with Gasteiger partial charge >= 0.3 is 6.03 Å². The van der Waals surface area contributed by atoms with Crippen LogP contribution in [-0.4, -0.2) is 28.8 Å². The Kier molecular flexibility index (Phi) is 5.15. The molecule has 0 spiro atoms. The highest BCUT2D eigenvalue weighted by molar-refractivity contribution is 5.74. The van der Waals surface area contributed by atoms with E-state index >= 15 is 0 Å². The van der Waals surface area contributed by atoms with Crippen molar-refractivity contribution in [3.05, 3.63) is 30.1 Å². The SMILES string of the molecule is O=C(NCc1ccncc1)NC1CCCCC1CO. The van der Waals surface area contributed by atoms with Crippen molar-refractivity contribution >= 4 is 6.03 Å².